The van der Waals surface area contributed by atoms with Crippen LogP contribution < -0.4 is 0 Å². The van der Waals surface area contributed by atoms with Crippen LogP contribution in [0.4, 0.5) is 0 Å². The van der Waals surface area contributed by atoms with Crippen LogP contribution in [-0.2, 0) is 0 Å². The molecule has 4 aliphatic rings. The zero-order valence-corrected chi connectivity index (χ0v) is 8.63. The smallest absolute Gasteiger partial charge is 0.108 e. The molecule has 0 radical (unpaired) electrons. The van der Waals surface area contributed by atoms with Gasteiger partial charge in [-0.25, -0.2) is 0 Å². The summed E-state index contributed by atoms with van der Waals surface area (Å²) in [6, 6.07) is 0. The maximum Gasteiger partial charge on any atom is 0.108 e. The summed E-state index contributed by atoms with van der Waals surface area (Å²) in [5, 5.41) is 24.9. The highest BCUT2D eigenvalue weighted by Gasteiger charge is 2.46. The maximum atomic E-state index is 9.06. The third kappa shape index (κ3) is 1.27. The van der Waals surface area contributed by atoms with Gasteiger partial charge < -0.3 is 10.4 Å². The number of hydrogen-bond donors (Lipinski definition) is 2. The quantitative estimate of drug-likeness (QED) is 0.473. The summed E-state index contributed by atoms with van der Waals surface area (Å²) in [7, 11) is 0. The van der Waals surface area contributed by atoms with E-state index in [1.165, 1.54) is 6.42 Å². The van der Waals surface area contributed by atoms with Gasteiger partial charge in [0.25, 0.3) is 0 Å². The molecule has 2 unspecified atom stereocenters. The van der Waals surface area contributed by atoms with Gasteiger partial charge in [-0.15, -0.1) is 0 Å². The van der Waals surface area contributed by atoms with E-state index in [0.717, 1.165) is 37.5 Å². The minimum absolute atomic E-state index is 0.331. The Hall–Kier alpha value is -1.06. The molecule has 0 aromatic heterocycles. The van der Waals surface area contributed by atoms with E-state index in [-0.39, 0.29) is 0 Å². The lowest BCUT2D eigenvalue weighted by Gasteiger charge is -2.37. The van der Waals surface area contributed by atoms with E-state index in [1.807, 2.05) is 0 Å². The van der Waals surface area contributed by atoms with Gasteiger partial charge in [-0.2, -0.15) is 0 Å². The highest BCUT2D eigenvalue weighted by atomic mass is 16.4. The standard InChI is InChI=1S/C11H16N2O2/c14-12-10-8-2-6-1-7(4-8)5-9(3-6)11(10)13-15/h6-9,14-15H,1-5H2/b12-10-,13-11+. The maximum absolute atomic E-state index is 9.06. The van der Waals surface area contributed by atoms with Gasteiger partial charge in [0.15, 0.2) is 0 Å². The van der Waals surface area contributed by atoms with Gasteiger partial charge in [0.05, 0.1) is 0 Å². The van der Waals surface area contributed by atoms with Crippen LogP contribution in [0.3, 0.4) is 0 Å². The number of hydrogen-bond acceptors (Lipinski definition) is 4. The third-order valence-corrected chi connectivity index (χ3v) is 4.39. The molecule has 4 saturated carbocycles. The minimum Gasteiger partial charge on any atom is -0.411 e. The molecule has 0 saturated heterocycles. The molecule has 4 rings (SSSR count). The van der Waals surface area contributed by atoms with Crippen molar-refractivity contribution in [3.8, 4) is 0 Å². The largest absolute Gasteiger partial charge is 0.411 e. The van der Waals surface area contributed by atoms with Crippen LogP contribution in [0.25, 0.3) is 0 Å². The van der Waals surface area contributed by atoms with Gasteiger partial charge in [0.1, 0.15) is 11.4 Å². The lowest BCUT2D eigenvalue weighted by molar-refractivity contribution is 0.152. The SMILES string of the molecule is O/N=C1\C(=N\O)C2CC3CC(CC1C3)C2. The Morgan fingerprint density at radius 1 is 0.733 bits per heavy atom. The second-order valence-corrected chi connectivity index (χ2v) is 5.27. The van der Waals surface area contributed by atoms with Crippen molar-refractivity contribution in [2.75, 3.05) is 0 Å². The summed E-state index contributed by atoms with van der Waals surface area (Å²) in [6.07, 6.45) is 5.79. The zero-order chi connectivity index (χ0) is 10.4. The summed E-state index contributed by atoms with van der Waals surface area (Å²) >= 11 is 0. The van der Waals surface area contributed by atoms with Gasteiger partial charge in [0, 0.05) is 11.8 Å². The van der Waals surface area contributed by atoms with Crippen molar-refractivity contribution in [1.29, 1.82) is 0 Å². The van der Waals surface area contributed by atoms with E-state index >= 15 is 0 Å². The van der Waals surface area contributed by atoms with Gasteiger partial charge in [0.2, 0.25) is 0 Å². The second-order valence-electron chi connectivity index (χ2n) is 5.27. The van der Waals surface area contributed by atoms with Gasteiger partial charge in [-0.1, -0.05) is 10.3 Å². The number of oxime groups is 2. The van der Waals surface area contributed by atoms with E-state index in [9.17, 15) is 0 Å². The molecule has 82 valence electrons. The highest BCUT2D eigenvalue weighted by Crippen LogP contribution is 2.49. The molecule has 0 heterocycles. The molecule has 4 heteroatoms. The Morgan fingerprint density at radius 3 is 1.47 bits per heavy atom. The van der Waals surface area contributed by atoms with Crippen molar-refractivity contribution in [2.24, 2.45) is 34.0 Å². The van der Waals surface area contributed by atoms with Crippen LogP contribution in [0.1, 0.15) is 32.1 Å². The molecule has 0 aromatic carbocycles. The van der Waals surface area contributed by atoms with E-state index in [0.29, 0.717) is 23.3 Å². The molecule has 2 atom stereocenters. The van der Waals surface area contributed by atoms with Crippen LogP contribution in [0, 0.1) is 23.7 Å². The van der Waals surface area contributed by atoms with Gasteiger partial charge in [-0.3, -0.25) is 0 Å². The number of fused-ring (bicyclic) bond motifs is 1. The Kier molecular flexibility index (Phi) is 1.97. The van der Waals surface area contributed by atoms with Crippen molar-refractivity contribution >= 4 is 11.4 Å². The molecular weight excluding hydrogens is 192 g/mol. The van der Waals surface area contributed by atoms with Crippen LogP contribution >= 0.6 is 0 Å². The van der Waals surface area contributed by atoms with Gasteiger partial charge in [-0.05, 0) is 43.9 Å². The van der Waals surface area contributed by atoms with Crippen molar-refractivity contribution in [3.63, 3.8) is 0 Å². The Morgan fingerprint density at radius 2 is 1.13 bits per heavy atom. The molecule has 0 aliphatic heterocycles. The Bertz CT molecular complexity index is 293. The van der Waals surface area contributed by atoms with E-state index in [4.69, 9.17) is 10.4 Å². The van der Waals surface area contributed by atoms with Crippen LogP contribution in [0.5, 0.6) is 0 Å². The van der Waals surface area contributed by atoms with Crippen LogP contribution in [0.15, 0.2) is 10.3 Å². The Labute approximate surface area is 88.7 Å². The fraction of sp³-hybridized carbons (Fsp3) is 0.818. The summed E-state index contributed by atoms with van der Waals surface area (Å²) in [6.45, 7) is 0. The van der Waals surface area contributed by atoms with Crippen molar-refractivity contribution in [3.05, 3.63) is 0 Å². The fourth-order valence-electron chi connectivity index (χ4n) is 3.98. The molecule has 0 aromatic rings. The first-order chi connectivity index (χ1) is 7.31. The zero-order valence-electron chi connectivity index (χ0n) is 8.63. The first-order valence-corrected chi connectivity index (χ1v) is 5.76. The number of nitrogens with zero attached hydrogens (tertiary/aromatic N) is 2. The van der Waals surface area contributed by atoms with Crippen LogP contribution in [0.2, 0.25) is 0 Å². The molecule has 4 aliphatic carbocycles. The first-order valence-electron chi connectivity index (χ1n) is 5.76. The molecule has 2 N–H and O–H groups in total. The lowest BCUT2D eigenvalue weighted by atomic mass is 9.68. The van der Waals surface area contributed by atoms with E-state index < -0.39 is 0 Å². The summed E-state index contributed by atoms with van der Waals surface area (Å²) in [4.78, 5) is 0. The summed E-state index contributed by atoms with van der Waals surface area (Å²) in [5.74, 6) is 2.17. The average Bonchev–Trinajstić information content (AvgIpc) is 2.39. The number of rotatable bonds is 0. The van der Waals surface area contributed by atoms with Gasteiger partial charge >= 0.3 is 0 Å². The molecule has 4 bridgehead atoms. The van der Waals surface area contributed by atoms with E-state index in [2.05, 4.69) is 10.3 Å². The fourth-order valence-corrected chi connectivity index (χ4v) is 3.98. The lowest BCUT2D eigenvalue weighted by Crippen LogP contribution is -2.28. The predicted molar refractivity (Wildman–Crippen MR) is 55.5 cm³/mol. The topological polar surface area (TPSA) is 65.2 Å². The average molecular weight is 208 g/mol. The normalized spacial score (nSPS) is 48.8. The molecule has 4 nitrogen and oxygen atoms in total. The first kappa shape index (κ1) is 9.19. The molecule has 4 fully saturated rings. The highest BCUT2D eigenvalue weighted by molar-refractivity contribution is 6.43. The van der Waals surface area contributed by atoms with Crippen molar-refractivity contribution in [2.45, 2.75) is 32.1 Å². The summed E-state index contributed by atoms with van der Waals surface area (Å²) < 4.78 is 0. The molecule has 0 spiro atoms. The monoisotopic (exact) mass is 208 g/mol. The van der Waals surface area contributed by atoms with Crippen LogP contribution in [-0.4, -0.2) is 21.8 Å². The molecular formula is C11H16N2O2. The minimum atomic E-state index is 0.331. The van der Waals surface area contributed by atoms with E-state index in [1.54, 1.807) is 0 Å². The van der Waals surface area contributed by atoms with Crippen molar-refractivity contribution < 1.29 is 10.4 Å². The summed E-state index contributed by atoms with van der Waals surface area (Å²) in [5.41, 5.74) is 1.32. The second kappa shape index (κ2) is 3.22. The molecule has 0 amide bonds. The Balaban J connectivity index is 2.06. The third-order valence-electron chi connectivity index (χ3n) is 4.39. The van der Waals surface area contributed by atoms with Crippen molar-refractivity contribution in [1.82, 2.24) is 0 Å². The predicted octanol–water partition coefficient (Wildman–Crippen LogP) is 2.10. The molecule has 15 heavy (non-hydrogen) atoms.